The molecule has 2 rings (SSSR count). The number of hydrogen-bond donors (Lipinski definition) is 1. The van der Waals surface area contributed by atoms with Gasteiger partial charge in [-0.2, -0.15) is 17.4 Å². The van der Waals surface area contributed by atoms with E-state index in [0.717, 1.165) is 25.8 Å². The summed E-state index contributed by atoms with van der Waals surface area (Å²) < 4.78 is 28.1. The molecule has 0 radical (unpaired) electrons. The molecule has 0 bridgehead atoms. The third kappa shape index (κ3) is 3.55. The molecule has 1 saturated heterocycles. The fraction of sp³-hybridized carbons (Fsp3) is 0.636. The summed E-state index contributed by atoms with van der Waals surface area (Å²) in [4.78, 5) is 1.92. The maximum absolute atomic E-state index is 12.0. The van der Waals surface area contributed by atoms with Crippen molar-refractivity contribution in [3.63, 3.8) is 0 Å². The van der Waals surface area contributed by atoms with Crippen molar-refractivity contribution in [1.29, 1.82) is 0 Å². The minimum Gasteiger partial charge on any atom is -0.360 e. The molecule has 2 aliphatic heterocycles. The lowest BCUT2D eigenvalue weighted by atomic mass is 10.2. The van der Waals surface area contributed by atoms with Crippen LogP contribution >= 0.6 is 0 Å². The quantitative estimate of drug-likeness (QED) is 0.804. The van der Waals surface area contributed by atoms with Crippen molar-refractivity contribution in [2.24, 2.45) is 0 Å². The highest BCUT2D eigenvalue weighted by Gasteiger charge is 2.23. The summed E-state index contributed by atoms with van der Waals surface area (Å²) in [6.45, 7) is 2.37. The summed E-state index contributed by atoms with van der Waals surface area (Å²) >= 11 is 0. The first-order valence-electron chi connectivity index (χ1n) is 6.00. The van der Waals surface area contributed by atoms with Gasteiger partial charge in [-0.1, -0.05) is 18.6 Å². The molecule has 0 aromatic heterocycles. The van der Waals surface area contributed by atoms with Crippen LogP contribution in [-0.2, 0) is 10.2 Å². The molecule has 2 aliphatic rings. The van der Waals surface area contributed by atoms with Gasteiger partial charge in [0.15, 0.2) is 0 Å². The van der Waals surface area contributed by atoms with Crippen molar-refractivity contribution < 1.29 is 8.42 Å². The Bertz CT molecular complexity index is 397. The van der Waals surface area contributed by atoms with Gasteiger partial charge in [0.05, 0.1) is 6.67 Å². The molecule has 0 amide bonds. The second kappa shape index (κ2) is 5.66. The largest absolute Gasteiger partial charge is 0.360 e. The molecule has 0 aromatic rings. The van der Waals surface area contributed by atoms with Crippen LogP contribution in [0.3, 0.4) is 0 Å². The van der Waals surface area contributed by atoms with E-state index in [9.17, 15) is 8.42 Å². The number of nitrogens with zero attached hydrogens (tertiary/aromatic N) is 2. The van der Waals surface area contributed by atoms with E-state index in [1.165, 1.54) is 0 Å². The number of allylic oxidation sites excluding steroid dienone is 2. The van der Waals surface area contributed by atoms with E-state index >= 15 is 0 Å². The van der Waals surface area contributed by atoms with Gasteiger partial charge in [-0.05, 0) is 18.9 Å². The second-order valence-electron chi connectivity index (χ2n) is 4.31. The van der Waals surface area contributed by atoms with Crippen LogP contribution in [-0.4, -0.2) is 43.9 Å². The van der Waals surface area contributed by atoms with Crippen molar-refractivity contribution in [1.82, 2.24) is 13.9 Å². The highest BCUT2D eigenvalue weighted by molar-refractivity contribution is 7.87. The first kappa shape index (κ1) is 12.6. The van der Waals surface area contributed by atoms with E-state index in [-0.39, 0.29) is 0 Å². The second-order valence-corrected chi connectivity index (χ2v) is 6.06. The molecule has 17 heavy (non-hydrogen) atoms. The number of piperidine rings is 1. The smallest absolute Gasteiger partial charge is 0.280 e. The van der Waals surface area contributed by atoms with Crippen LogP contribution in [0.1, 0.15) is 19.3 Å². The molecule has 1 N–H and O–H groups in total. The first-order valence-corrected chi connectivity index (χ1v) is 7.45. The fourth-order valence-corrected chi connectivity index (χ4v) is 3.24. The SMILES string of the molecule is O=S(=O)(NCN1C=CC=CC1)N1CCCCC1. The van der Waals surface area contributed by atoms with Gasteiger partial charge in [-0.3, -0.25) is 0 Å². The molecule has 0 spiro atoms. The lowest BCUT2D eigenvalue weighted by Crippen LogP contribution is -2.46. The van der Waals surface area contributed by atoms with E-state index in [2.05, 4.69) is 4.72 Å². The first-order chi connectivity index (χ1) is 8.18. The van der Waals surface area contributed by atoms with Crippen LogP contribution in [0.4, 0.5) is 0 Å². The summed E-state index contributed by atoms with van der Waals surface area (Å²) in [6.07, 6.45) is 10.8. The Morgan fingerprint density at radius 2 is 1.88 bits per heavy atom. The van der Waals surface area contributed by atoms with E-state index in [1.807, 2.05) is 29.3 Å². The Hall–Kier alpha value is -0.850. The number of hydrogen-bond acceptors (Lipinski definition) is 3. The average molecular weight is 257 g/mol. The Labute approximate surface area is 103 Å². The molecule has 0 aromatic carbocycles. The highest BCUT2D eigenvalue weighted by atomic mass is 32.2. The van der Waals surface area contributed by atoms with E-state index in [0.29, 0.717) is 19.8 Å². The summed E-state index contributed by atoms with van der Waals surface area (Å²) in [6, 6.07) is 0. The fourth-order valence-electron chi connectivity index (χ4n) is 1.99. The molecule has 1 fully saturated rings. The van der Waals surface area contributed by atoms with Crippen LogP contribution in [0.5, 0.6) is 0 Å². The Kier molecular flexibility index (Phi) is 4.20. The molecule has 6 heteroatoms. The Morgan fingerprint density at radius 3 is 2.53 bits per heavy atom. The van der Waals surface area contributed by atoms with Crippen LogP contribution in [0.2, 0.25) is 0 Å². The molecule has 96 valence electrons. The zero-order valence-corrected chi connectivity index (χ0v) is 10.7. The summed E-state index contributed by atoms with van der Waals surface area (Å²) in [7, 11) is -3.30. The van der Waals surface area contributed by atoms with E-state index in [1.54, 1.807) is 4.31 Å². The number of rotatable bonds is 4. The molecule has 0 aliphatic carbocycles. The van der Waals surface area contributed by atoms with Gasteiger partial charge in [-0.25, -0.2) is 0 Å². The normalized spacial score (nSPS) is 22.0. The molecular weight excluding hydrogens is 238 g/mol. The van der Waals surface area contributed by atoms with Crippen LogP contribution in [0, 0.1) is 0 Å². The minimum absolute atomic E-state index is 0.333. The molecular formula is C11H19N3O2S. The lowest BCUT2D eigenvalue weighted by molar-refractivity contribution is 0.331. The van der Waals surface area contributed by atoms with Gasteiger partial charge < -0.3 is 4.90 Å². The lowest BCUT2D eigenvalue weighted by Gasteiger charge is -2.28. The van der Waals surface area contributed by atoms with Gasteiger partial charge in [0.25, 0.3) is 10.2 Å². The Balaban J connectivity index is 1.84. The summed E-state index contributed by atoms with van der Waals surface area (Å²) in [5.41, 5.74) is 0. The summed E-state index contributed by atoms with van der Waals surface area (Å²) in [5, 5.41) is 0. The third-order valence-electron chi connectivity index (χ3n) is 2.99. The van der Waals surface area contributed by atoms with Crippen molar-refractivity contribution in [2.75, 3.05) is 26.3 Å². The highest BCUT2D eigenvalue weighted by Crippen LogP contribution is 2.11. The minimum atomic E-state index is -3.30. The molecule has 2 heterocycles. The van der Waals surface area contributed by atoms with Gasteiger partial charge in [0.1, 0.15) is 0 Å². The van der Waals surface area contributed by atoms with Crippen molar-refractivity contribution in [2.45, 2.75) is 19.3 Å². The zero-order valence-electron chi connectivity index (χ0n) is 9.88. The molecule has 0 atom stereocenters. The molecule has 0 saturated carbocycles. The summed E-state index contributed by atoms with van der Waals surface area (Å²) in [5.74, 6) is 0. The van der Waals surface area contributed by atoms with Crippen molar-refractivity contribution >= 4 is 10.2 Å². The topological polar surface area (TPSA) is 52.7 Å². The Morgan fingerprint density at radius 1 is 1.12 bits per heavy atom. The van der Waals surface area contributed by atoms with Crippen LogP contribution < -0.4 is 4.72 Å². The number of nitrogens with one attached hydrogen (secondary N) is 1. The maximum atomic E-state index is 12.0. The standard InChI is InChI=1S/C11H19N3O2S/c15-17(16,14-9-5-2-6-10-14)12-11-13-7-3-1-4-8-13/h1,3-4,7,12H,2,5-6,8-11H2. The van der Waals surface area contributed by atoms with Crippen molar-refractivity contribution in [3.05, 3.63) is 24.4 Å². The van der Waals surface area contributed by atoms with Crippen molar-refractivity contribution in [3.8, 4) is 0 Å². The molecule has 5 nitrogen and oxygen atoms in total. The zero-order chi connectivity index (χ0) is 12.1. The monoisotopic (exact) mass is 257 g/mol. The van der Waals surface area contributed by atoms with Crippen LogP contribution in [0.25, 0.3) is 0 Å². The predicted molar refractivity (Wildman–Crippen MR) is 67.3 cm³/mol. The van der Waals surface area contributed by atoms with Gasteiger partial charge in [0, 0.05) is 25.8 Å². The maximum Gasteiger partial charge on any atom is 0.280 e. The van der Waals surface area contributed by atoms with E-state index < -0.39 is 10.2 Å². The van der Waals surface area contributed by atoms with Gasteiger partial charge >= 0.3 is 0 Å². The van der Waals surface area contributed by atoms with E-state index in [4.69, 9.17) is 0 Å². The predicted octanol–water partition coefficient (Wildman–Crippen LogP) is 0.650. The van der Waals surface area contributed by atoms with Gasteiger partial charge in [-0.15, -0.1) is 0 Å². The van der Waals surface area contributed by atoms with Crippen LogP contribution in [0.15, 0.2) is 24.4 Å². The average Bonchev–Trinajstić information content (AvgIpc) is 2.39. The molecule has 0 unspecified atom stereocenters. The third-order valence-corrected chi connectivity index (χ3v) is 4.53. The van der Waals surface area contributed by atoms with Gasteiger partial charge in [0.2, 0.25) is 0 Å².